The van der Waals surface area contributed by atoms with Crippen LogP contribution in [-0.4, -0.2) is 44.3 Å². The number of methoxy groups -OCH3 is 2. The van der Waals surface area contributed by atoms with Crippen molar-refractivity contribution in [3.8, 4) is 11.5 Å². The number of nitrogens with zero attached hydrogens (tertiary/aromatic N) is 1. The molecule has 0 unspecified atom stereocenters. The fraction of sp³-hybridized carbons (Fsp3) is 0.381. The number of rotatable bonds is 9. The van der Waals surface area contributed by atoms with E-state index in [-0.39, 0.29) is 5.97 Å². The zero-order valence-electron chi connectivity index (χ0n) is 15.3. The molecular formula is C21H25NO4. The maximum atomic E-state index is 11.6. The molecule has 138 valence electrons. The van der Waals surface area contributed by atoms with E-state index in [1.165, 1.54) is 25.5 Å². The fourth-order valence-corrected chi connectivity index (χ4v) is 2.91. The Morgan fingerprint density at radius 2 is 1.85 bits per heavy atom. The number of carbonyl (C=O) groups is 1. The Morgan fingerprint density at radius 1 is 1.08 bits per heavy atom. The average molecular weight is 355 g/mol. The molecule has 0 spiro atoms. The van der Waals surface area contributed by atoms with Gasteiger partial charge in [-0.3, -0.25) is 4.90 Å². The van der Waals surface area contributed by atoms with Crippen LogP contribution >= 0.6 is 0 Å². The summed E-state index contributed by atoms with van der Waals surface area (Å²) in [6.45, 7) is 2.33. The van der Waals surface area contributed by atoms with Crippen molar-refractivity contribution in [3.63, 3.8) is 0 Å². The Bertz CT molecular complexity index is 725. The minimum Gasteiger partial charge on any atom is -0.497 e. The van der Waals surface area contributed by atoms with Gasteiger partial charge >= 0.3 is 5.97 Å². The summed E-state index contributed by atoms with van der Waals surface area (Å²) in [4.78, 5) is 14.0. The Balaban J connectivity index is 1.53. The van der Waals surface area contributed by atoms with Crippen molar-refractivity contribution < 1.29 is 19.0 Å². The van der Waals surface area contributed by atoms with Gasteiger partial charge in [0.25, 0.3) is 0 Å². The van der Waals surface area contributed by atoms with Crippen LogP contribution < -0.4 is 9.47 Å². The molecule has 0 bridgehead atoms. The lowest BCUT2D eigenvalue weighted by atomic mass is 10.2. The topological polar surface area (TPSA) is 48.0 Å². The van der Waals surface area contributed by atoms with Crippen LogP contribution in [0.1, 0.15) is 28.8 Å². The van der Waals surface area contributed by atoms with Gasteiger partial charge in [0.1, 0.15) is 18.1 Å². The second kappa shape index (κ2) is 8.72. The molecule has 2 aromatic rings. The lowest BCUT2D eigenvalue weighted by molar-refractivity contribution is 0.0600. The average Bonchev–Trinajstić information content (AvgIpc) is 3.52. The van der Waals surface area contributed by atoms with Gasteiger partial charge in [-0.25, -0.2) is 4.79 Å². The highest BCUT2D eigenvalue weighted by atomic mass is 16.5. The van der Waals surface area contributed by atoms with Gasteiger partial charge in [0.2, 0.25) is 0 Å². The highest BCUT2D eigenvalue weighted by Gasteiger charge is 2.28. The molecule has 2 aromatic carbocycles. The summed E-state index contributed by atoms with van der Waals surface area (Å²) in [6, 6.07) is 15.9. The number of esters is 1. The molecule has 0 heterocycles. The molecule has 1 aliphatic carbocycles. The van der Waals surface area contributed by atoms with Gasteiger partial charge in [-0.1, -0.05) is 18.2 Å². The van der Waals surface area contributed by atoms with E-state index in [1.54, 1.807) is 25.3 Å². The highest BCUT2D eigenvalue weighted by Crippen LogP contribution is 2.28. The lowest BCUT2D eigenvalue weighted by Gasteiger charge is -2.22. The molecule has 3 rings (SSSR count). The van der Waals surface area contributed by atoms with Gasteiger partial charge in [-0.15, -0.1) is 0 Å². The molecule has 0 N–H and O–H groups in total. The standard InChI is InChI=1S/C21H25NO4/c1-24-19-10-6-16(7-11-19)15-22(18-8-9-18)12-13-26-20-5-3-4-17(14-20)21(23)25-2/h3-7,10-11,14,18H,8-9,12-13,15H2,1-2H3. The van der Waals surface area contributed by atoms with Gasteiger partial charge in [0.15, 0.2) is 0 Å². The summed E-state index contributed by atoms with van der Waals surface area (Å²) in [6.07, 6.45) is 2.49. The van der Waals surface area contributed by atoms with Gasteiger partial charge in [-0.05, 0) is 48.7 Å². The summed E-state index contributed by atoms with van der Waals surface area (Å²) >= 11 is 0. The first-order valence-electron chi connectivity index (χ1n) is 8.88. The molecule has 1 fully saturated rings. The minimum absolute atomic E-state index is 0.352. The maximum Gasteiger partial charge on any atom is 0.337 e. The smallest absolute Gasteiger partial charge is 0.337 e. The van der Waals surface area contributed by atoms with Crippen LogP contribution in [0.2, 0.25) is 0 Å². The quantitative estimate of drug-likeness (QED) is 0.644. The van der Waals surface area contributed by atoms with Crippen molar-refractivity contribution in [1.29, 1.82) is 0 Å². The van der Waals surface area contributed by atoms with Crippen molar-refractivity contribution >= 4 is 5.97 Å². The molecule has 0 amide bonds. The summed E-state index contributed by atoms with van der Waals surface area (Å²) in [7, 11) is 3.06. The second-order valence-corrected chi connectivity index (χ2v) is 6.42. The molecule has 0 aliphatic heterocycles. The minimum atomic E-state index is -0.352. The van der Waals surface area contributed by atoms with E-state index in [0.717, 1.165) is 18.8 Å². The normalized spacial score (nSPS) is 13.5. The Morgan fingerprint density at radius 3 is 2.50 bits per heavy atom. The van der Waals surface area contributed by atoms with Crippen LogP contribution in [0, 0.1) is 0 Å². The van der Waals surface area contributed by atoms with E-state index in [2.05, 4.69) is 17.0 Å². The predicted molar refractivity (Wildman–Crippen MR) is 99.7 cm³/mol. The summed E-state index contributed by atoms with van der Waals surface area (Å²) in [5, 5.41) is 0. The third kappa shape index (κ3) is 4.99. The molecule has 26 heavy (non-hydrogen) atoms. The molecule has 0 saturated heterocycles. The zero-order chi connectivity index (χ0) is 18.4. The predicted octanol–water partition coefficient (Wildman–Crippen LogP) is 3.53. The first-order chi connectivity index (χ1) is 12.7. The Kier molecular flexibility index (Phi) is 6.12. The molecule has 0 radical (unpaired) electrons. The van der Waals surface area contributed by atoms with E-state index in [0.29, 0.717) is 24.0 Å². The van der Waals surface area contributed by atoms with Crippen LogP contribution in [0.3, 0.4) is 0 Å². The van der Waals surface area contributed by atoms with E-state index >= 15 is 0 Å². The van der Waals surface area contributed by atoms with E-state index in [9.17, 15) is 4.79 Å². The summed E-state index contributed by atoms with van der Waals surface area (Å²) < 4.78 is 15.8. The maximum absolute atomic E-state index is 11.6. The van der Waals surface area contributed by atoms with Crippen molar-refractivity contribution in [3.05, 3.63) is 59.7 Å². The molecule has 5 heteroatoms. The SMILES string of the molecule is COC(=O)c1cccc(OCCN(Cc2ccc(OC)cc2)C2CC2)c1. The van der Waals surface area contributed by atoms with Gasteiger partial charge < -0.3 is 14.2 Å². The first-order valence-corrected chi connectivity index (χ1v) is 8.88. The molecule has 1 aliphatic rings. The van der Waals surface area contributed by atoms with Crippen molar-refractivity contribution in [2.75, 3.05) is 27.4 Å². The Hall–Kier alpha value is -2.53. The summed E-state index contributed by atoms with van der Waals surface area (Å²) in [5.41, 5.74) is 1.77. The third-order valence-corrected chi connectivity index (χ3v) is 4.51. The van der Waals surface area contributed by atoms with Crippen LogP contribution in [-0.2, 0) is 11.3 Å². The van der Waals surface area contributed by atoms with E-state index in [1.807, 2.05) is 18.2 Å². The van der Waals surface area contributed by atoms with E-state index in [4.69, 9.17) is 14.2 Å². The number of ether oxygens (including phenoxy) is 3. The third-order valence-electron chi connectivity index (χ3n) is 4.51. The molecular weight excluding hydrogens is 330 g/mol. The van der Waals surface area contributed by atoms with Crippen LogP contribution in [0.15, 0.2) is 48.5 Å². The van der Waals surface area contributed by atoms with Gasteiger partial charge in [-0.2, -0.15) is 0 Å². The van der Waals surface area contributed by atoms with Gasteiger partial charge in [0.05, 0.1) is 19.8 Å². The number of carbonyl (C=O) groups excluding carboxylic acids is 1. The first kappa shape index (κ1) is 18.3. The van der Waals surface area contributed by atoms with Crippen molar-refractivity contribution in [2.24, 2.45) is 0 Å². The molecule has 0 aromatic heterocycles. The van der Waals surface area contributed by atoms with Crippen LogP contribution in [0.5, 0.6) is 11.5 Å². The fourth-order valence-electron chi connectivity index (χ4n) is 2.91. The molecule has 0 atom stereocenters. The van der Waals surface area contributed by atoms with Crippen LogP contribution in [0.4, 0.5) is 0 Å². The number of hydrogen-bond donors (Lipinski definition) is 0. The number of benzene rings is 2. The van der Waals surface area contributed by atoms with Crippen LogP contribution in [0.25, 0.3) is 0 Å². The second-order valence-electron chi connectivity index (χ2n) is 6.42. The largest absolute Gasteiger partial charge is 0.497 e. The lowest BCUT2D eigenvalue weighted by Crippen LogP contribution is -2.30. The molecule has 5 nitrogen and oxygen atoms in total. The monoisotopic (exact) mass is 355 g/mol. The molecule has 1 saturated carbocycles. The van der Waals surface area contributed by atoms with E-state index < -0.39 is 0 Å². The van der Waals surface area contributed by atoms with Crippen molar-refractivity contribution in [2.45, 2.75) is 25.4 Å². The van der Waals surface area contributed by atoms with Crippen molar-refractivity contribution in [1.82, 2.24) is 4.90 Å². The summed E-state index contributed by atoms with van der Waals surface area (Å²) in [5.74, 6) is 1.21. The zero-order valence-corrected chi connectivity index (χ0v) is 15.3. The Labute approximate surface area is 154 Å². The van der Waals surface area contributed by atoms with Gasteiger partial charge in [0, 0.05) is 19.1 Å². The highest BCUT2D eigenvalue weighted by molar-refractivity contribution is 5.89. The number of hydrogen-bond acceptors (Lipinski definition) is 5.